The summed E-state index contributed by atoms with van der Waals surface area (Å²) >= 11 is 0. The number of ether oxygens (including phenoxy) is 4. The first kappa shape index (κ1) is 40.1. The molecule has 0 heterocycles. The van der Waals surface area contributed by atoms with Crippen molar-refractivity contribution in [2.75, 3.05) is 26.4 Å². The highest BCUT2D eigenvalue weighted by atomic mass is 16.6. The highest BCUT2D eigenvalue weighted by Gasteiger charge is 2.22. The average Bonchev–Trinajstić information content (AvgIpc) is 3.14. The number of rotatable bonds is 12. The zero-order valence-corrected chi connectivity index (χ0v) is 30.8. The van der Waals surface area contributed by atoms with E-state index in [1.807, 2.05) is 0 Å². The van der Waals surface area contributed by atoms with Crippen molar-refractivity contribution < 1.29 is 48.3 Å². The Balaban J connectivity index is 1.76. The maximum absolute atomic E-state index is 12.5. The van der Waals surface area contributed by atoms with Gasteiger partial charge in [0.2, 0.25) is 0 Å². The van der Waals surface area contributed by atoms with Gasteiger partial charge in [-0.15, -0.1) is 0 Å². The number of amides is 4. The Bertz CT molecular complexity index is 1940. The Kier molecular flexibility index (Phi) is 13.4. The zero-order valence-electron chi connectivity index (χ0n) is 30.8. The van der Waals surface area contributed by atoms with Crippen LogP contribution in [0.3, 0.4) is 0 Å². The number of para-hydroxylation sites is 2. The van der Waals surface area contributed by atoms with E-state index < -0.39 is 37.2 Å². The van der Waals surface area contributed by atoms with Gasteiger partial charge in [-0.3, -0.25) is 0 Å². The van der Waals surface area contributed by atoms with E-state index in [-0.39, 0.29) is 50.4 Å². The first-order chi connectivity index (χ1) is 26.9. The molecule has 1 aliphatic rings. The number of nitrogens with one attached hydrogen (secondary N) is 2. The van der Waals surface area contributed by atoms with Crippen molar-refractivity contribution >= 4 is 36.4 Å². The summed E-state index contributed by atoms with van der Waals surface area (Å²) in [5.74, 6) is -0.605. The molecule has 4 amide bonds. The van der Waals surface area contributed by atoms with Gasteiger partial charge in [0, 0.05) is 25.7 Å². The van der Waals surface area contributed by atoms with Crippen molar-refractivity contribution in [1.29, 1.82) is 0 Å². The molecule has 8 bridgehead atoms. The van der Waals surface area contributed by atoms with Crippen molar-refractivity contribution in [1.82, 2.24) is 10.9 Å². The predicted octanol–water partition coefficient (Wildman–Crippen LogP) is 3.66. The molecule has 8 N–H and O–H groups in total. The molecule has 16 heteroatoms. The van der Waals surface area contributed by atoms with Gasteiger partial charge >= 0.3 is 24.0 Å². The molecule has 0 saturated carbocycles. The number of hydrogen-bond donors (Lipinski definition) is 6. The van der Waals surface area contributed by atoms with E-state index >= 15 is 0 Å². The Morgan fingerprint density at radius 3 is 1.21 bits per heavy atom. The second kappa shape index (κ2) is 18.8. The van der Waals surface area contributed by atoms with Crippen LogP contribution in [0, 0.1) is 0 Å². The molecule has 292 valence electrons. The summed E-state index contributed by atoms with van der Waals surface area (Å²) in [4.78, 5) is 47.8. The van der Waals surface area contributed by atoms with Gasteiger partial charge in [-0.05, 0) is 93.7 Å². The Morgan fingerprint density at radius 1 is 0.607 bits per heavy atom. The van der Waals surface area contributed by atoms with Crippen LogP contribution in [0.25, 0.3) is 0 Å². The average molecular weight is 767 g/mol. The lowest BCUT2D eigenvalue weighted by Crippen LogP contribution is -2.24. The summed E-state index contributed by atoms with van der Waals surface area (Å²) in [6, 6.07) is 15.8. The minimum Gasteiger partial charge on any atom is -0.507 e. The topological polar surface area (TPSA) is 246 Å². The Labute approximate surface area is 322 Å². The third-order valence-corrected chi connectivity index (χ3v) is 8.52. The molecule has 0 aliphatic heterocycles. The number of aromatic hydroxyl groups is 2. The van der Waals surface area contributed by atoms with E-state index in [4.69, 9.17) is 30.4 Å². The molecule has 16 nitrogen and oxygen atoms in total. The van der Waals surface area contributed by atoms with Crippen molar-refractivity contribution in [2.24, 2.45) is 21.7 Å². The number of nitrogens with zero attached hydrogens (tertiary/aromatic N) is 2. The van der Waals surface area contributed by atoms with Crippen LogP contribution in [-0.2, 0) is 44.7 Å². The van der Waals surface area contributed by atoms with Gasteiger partial charge in [-0.25, -0.2) is 30.0 Å². The maximum Gasteiger partial charge on any atom is 0.344 e. The number of hydrazone groups is 2. The van der Waals surface area contributed by atoms with Crippen molar-refractivity contribution in [2.45, 2.75) is 39.5 Å². The van der Waals surface area contributed by atoms with Gasteiger partial charge in [-0.1, -0.05) is 36.4 Å². The number of esters is 2. The fourth-order valence-electron chi connectivity index (χ4n) is 6.29. The lowest BCUT2D eigenvalue weighted by Gasteiger charge is -2.21. The second-order valence-electron chi connectivity index (χ2n) is 12.5. The largest absolute Gasteiger partial charge is 0.507 e. The molecule has 0 saturated heterocycles. The van der Waals surface area contributed by atoms with E-state index in [0.717, 1.165) is 0 Å². The van der Waals surface area contributed by atoms with Gasteiger partial charge in [0.15, 0.2) is 13.2 Å². The number of nitrogens with two attached hydrogens (primary N) is 2. The van der Waals surface area contributed by atoms with Gasteiger partial charge in [0.05, 0.1) is 25.6 Å². The van der Waals surface area contributed by atoms with Crippen LogP contribution in [-0.4, -0.2) is 73.1 Å². The van der Waals surface area contributed by atoms with E-state index in [2.05, 4.69) is 21.1 Å². The number of carbonyl (C=O) groups is 4. The van der Waals surface area contributed by atoms with Crippen LogP contribution < -0.4 is 31.8 Å². The lowest BCUT2D eigenvalue weighted by atomic mass is 9.90. The third kappa shape index (κ3) is 10.5. The molecule has 0 unspecified atom stereocenters. The number of primary amides is 2. The summed E-state index contributed by atoms with van der Waals surface area (Å²) < 4.78 is 22.5. The normalized spacial score (nSPS) is 12.2. The zero-order chi connectivity index (χ0) is 40.2. The van der Waals surface area contributed by atoms with Crippen molar-refractivity contribution in [3.63, 3.8) is 0 Å². The molecule has 56 heavy (non-hydrogen) atoms. The highest BCUT2D eigenvalue weighted by molar-refractivity contribution is 5.84. The van der Waals surface area contributed by atoms with E-state index in [0.29, 0.717) is 67.1 Å². The number of hydrogen-bond acceptors (Lipinski definition) is 12. The fraction of sp³-hybridized carbons (Fsp3) is 0.250. The summed E-state index contributed by atoms with van der Waals surface area (Å²) in [6.07, 6.45) is 3.17. The SMILES string of the molecule is CCOC(=O)COc1c2cccc1Cc1cc(/C=N/NC(N)=O)cc(c1O)Cc1cccc(c1OCC(=O)OCC)Cc1cc(C=NNC(N)=O)cc(c1O)C2. The molecule has 0 aromatic heterocycles. The maximum atomic E-state index is 12.5. The van der Waals surface area contributed by atoms with Crippen molar-refractivity contribution in [3.05, 3.63) is 116 Å². The fourth-order valence-corrected chi connectivity index (χ4v) is 6.29. The van der Waals surface area contributed by atoms with Crippen LogP contribution >= 0.6 is 0 Å². The first-order valence-electron chi connectivity index (χ1n) is 17.6. The molecule has 4 aromatic carbocycles. The van der Waals surface area contributed by atoms with Crippen LogP contribution in [0.2, 0.25) is 0 Å². The predicted molar refractivity (Wildman–Crippen MR) is 205 cm³/mol. The lowest BCUT2D eigenvalue weighted by molar-refractivity contribution is -0.146. The van der Waals surface area contributed by atoms with Crippen LogP contribution in [0.15, 0.2) is 70.9 Å². The number of phenolic OH excluding ortho intramolecular Hbond substituents is 2. The molecule has 5 rings (SSSR count). The minimum absolute atomic E-state index is 0.0445. The summed E-state index contributed by atoms with van der Waals surface area (Å²) in [7, 11) is 0. The number of phenols is 2. The van der Waals surface area contributed by atoms with Crippen LogP contribution in [0.4, 0.5) is 9.59 Å². The quantitative estimate of drug-likeness (QED) is 0.0611. The number of fused-ring (bicyclic) bond motifs is 8. The number of benzene rings is 4. The molecular formula is C40H42N6O10. The molecule has 4 aromatic rings. The van der Waals surface area contributed by atoms with Gasteiger partial charge < -0.3 is 40.6 Å². The summed E-state index contributed by atoms with van der Waals surface area (Å²) in [6.45, 7) is 2.85. The smallest absolute Gasteiger partial charge is 0.344 e. The monoisotopic (exact) mass is 766 g/mol. The highest BCUT2D eigenvalue weighted by Crippen LogP contribution is 2.39. The second-order valence-corrected chi connectivity index (χ2v) is 12.5. The van der Waals surface area contributed by atoms with Crippen LogP contribution in [0.5, 0.6) is 23.0 Å². The first-order valence-corrected chi connectivity index (χ1v) is 17.6. The number of urea groups is 2. The third-order valence-electron chi connectivity index (χ3n) is 8.52. The van der Waals surface area contributed by atoms with Crippen molar-refractivity contribution in [3.8, 4) is 23.0 Å². The van der Waals surface area contributed by atoms with E-state index in [9.17, 15) is 29.4 Å². The minimum atomic E-state index is -0.861. The summed E-state index contributed by atoms with van der Waals surface area (Å²) in [5.41, 5.74) is 20.0. The number of carbonyl (C=O) groups excluding carboxylic acids is 4. The Hall–Kier alpha value is -7.10. The van der Waals surface area contributed by atoms with Crippen LogP contribution in [0.1, 0.15) is 69.5 Å². The molecule has 0 fully saturated rings. The van der Waals surface area contributed by atoms with Gasteiger partial charge in [0.25, 0.3) is 0 Å². The molecule has 0 atom stereocenters. The summed E-state index contributed by atoms with van der Waals surface area (Å²) in [5, 5.41) is 31.5. The molecule has 1 aliphatic carbocycles. The van der Waals surface area contributed by atoms with Gasteiger partial charge in [0.1, 0.15) is 23.0 Å². The standard InChI is InChI=1S/C40H42N6O10/c1-3-53-33(47)21-55-37-25-7-5-8-26(37)16-30-12-24(20-44-46-40(42)52)14-32(36(30)50)18-28-10-6-9-27(38(28)56-22-34(48)54-4-2)17-31-13-23(19-43-45-39(41)51)11-29(15-25)35(31)49/h5-14,19-20,49-50H,3-4,15-18,21-22H2,1-2H3,(H3,41,45,51)(H3,42,46,52)/b43-19+,44-20?. The Morgan fingerprint density at radius 2 is 0.929 bits per heavy atom. The van der Waals surface area contributed by atoms with E-state index in [1.54, 1.807) is 74.5 Å². The van der Waals surface area contributed by atoms with Gasteiger partial charge in [-0.2, -0.15) is 10.2 Å². The van der Waals surface area contributed by atoms with E-state index in [1.165, 1.54) is 12.4 Å². The molecule has 0 radical (unpaired) electrons. The molecule has 0 spiro atoms. The molecular weight excluding hydrogens is 724 g/mol.